The molecule has 1 aliphatic rings. The topological polar surface area (TPSA) is 46.3 Å². The Kier molecular flexibility index (Phi) is 2.50. The summed E-state index contributed by atoms with van der Waals surface area (Å²) in [6.45, 7) is 4.09. The summed E-state index contributed by atoms with van der Waals surface area (Å²) >= 11 is 5.86. The fraction of sp³-hybridized carbons (Fsp3) is 0.182. The van der Waals surface area contributed by atoms with Crippen LogP contribution in [-0.4, -0.2) is 12.5 Å². The Morgan fingerprint density at radius 2 is 2.33 bits per heavy atom. The van der Waals surface area contributed by atoms with Crippen molar-refractivity contribution in [3.8, 4) is 0 Å². The van der Waals surface area contributed by atoms with E-state index in [1.165, 1.54) is 0 Å². The van der Waals surface area contributed by atoms with Crippen LogP contribution in [0.4, 0.5) is 5.69 Å². The number of anilines is 1. The van der Waals surface area contributed by atoms with Crippen molar-refractivity contribution < 1.29 is 4.79 Å². The Morgan fingerprint density at radius 1 is 1.60 bits per heavy atom. The van der Waals surface area contributed by atoms with Gasteiger partial charge in [0.2, 0.25) is 5.91 Å². The maximum Gasteiger partial charge on any atom is 0.248 e. The number of benzene rings is 1. The van der Waals surface area contributed by atoms with Crippen LogP contribution in [0.3, 0.4) is 0 Å². The summed E-state index contributed by atoms with van der Waals surface area (Å²) in [4.78, 5) is 13.4. The molecule has 0 radical (unpaired) electrons. The monoisotopic (exact) mass is 222 g/mol. The lowest BCUT2D eigenvalue weighted by atomic mass is 10.1. The average molecular weight is 223 g/mol. The molecule has 1 heterocycles. The Morgan fingerprint density at radius 3 is 3.00 bits per heavy atom. The third-order valence-electron chi connectivity index (χ3n) is 2.46. The number of halogens is 1. The zero-order valence-corrected chi connectivity index (χ0v) is 8.87. The number of carbonyl (C=O) groups is 1. The second-order valence-electron chi connectivity index (χ2n) is 3.42. The Hall–Kier alpha value is -1.32. The number of hydrogen-bond acceptors (Lipinski definition) is 2. The maximum atomic E-state index is 11.8. The van der Waals surface area contributed by atoms with Gasteiger partial charge in [0.1, 0.15) is 6.04 Å². The van der Waals surface area contributed by atoms with Crippen molar-refractivity contribution in [1.29, 1.82) is 0 Å². The first kappa shape index (κ1) is 10.2. The zero-order valence-electron chi connectivity index (χ0n) is 8.11. The summed E-state index contributed by atoms with van der Waals surface area (Å²) < 4.78 is 0. The van der Waals surface area contributed by atoms with Gasteiger partial charge in [-0.15, -0.1) is 6.58 Å². The first-order valence-electron chi connectivity index (χ1n) is 4.62. The van der Waals surface area contributed by atoms with E-state index in [4.69, 9.17) is 17.3 Å². The molecule has 0 fully saturated rings. The molecule has 0 aromatic heterocycles. The molecule has 2 N–H and O–H groups in total. The van der Waals surface area contributed by atoms with Gasteiger partial charge in [-0.25, -0.2) is 0 Å². The van der Waals surface area contributed by atoms with Crippen LogP contribution in [0.25, 0.3) is 0 Å². The molecule has 78 valence electrons. The van der Waals surface area contributed by atoms with Gasteiger partial charge in [0.05, 0.1) is 0 Å². The molecule has 1 amide bonds. The highest BCUT2D eigenvalue weighted by molar-refractivity contribution is 6.31. The molecule has 15 heavy (non-hydrogen) atoms. The summed E-state index contributed by atoms with van der Waals surface area (Å²) in [5.74, 6) is -0.104. The molecule has 2 rings (SSSR count). The highest BCUT2D eigenvalue weighted by Gasteiger charge is 2.33. The van der Waals surface area contributed by atoms with Crippen LogP contribution in [0.15, 0.2) is 30.9 Å². The van der Waals surface area contributed by atoms with E-state index in [9.17, 15) is 4.79 Å². The summed E-state index contributed by atoms with van der Waals surface area (Å²) in [6, 6.07) is 4.70. The number of carbonyl (C=O) groups excluding carboxylic acids is 1. The standard InChI is InChI=1S/C11H11ClN2O/c1-2-5-14-9-4-3-7(12)6-8(9)10(13)11(14)15/h2-4,6,10H,1,5,13H2. The van der Waals surface area contributed by atoms with Crippen molar-refractivity contribution in [2.45, 2.75) is 6.04 Å². The van der Waals surface area contributed by atoms with Crippen LogP contribution in [-0.2, 0) is 4.79 Å². The Balaban J connectivity index is 2.50. The third-order valence-corrected chi connectivity index (χ3v) is 2.69. The molecule has 0 saturated heterocycles. The predicted molar refractivity (Wildman–Crippen MR) is 60.9 cm³/mol. The van der Waals surface area contributed by atoms with Gasteiger partial charge in [-0.05, 0) is 18.2 Å². The van der Waals surface area contributed by atoms with Crippen molar-refractivity contribution in [2.24, 2.45) is 5.73 Å². The zero-order chi connectivity index (χ0) is 11.0. The van der Waals surface area contributed by atoms with E-state index in [0.717, 1.165) is 11.3 Å². The summed E-state index contributed by atoms with van der Waals surface area (Å²) in [5.41, 5.74) is 7.41. The van der Waals surface area contributed by atoms with Crippen LogP contribution in [0, 0.1) is 0 Å². The van der Waals surface area contributed by atoms with Gasteiger partial charge in [0.15, 0.2) is 0 Å². The number of nitrogens with two attached hydrogens (primary N) is 1. The normalized spacial score (nSPS) is 19.2. The molecule has 0 saturated carbocycles. The van der Waals surface area contributed by atoms with Gasteiger partial charge in [-0.3, -0.25) is 4.79 Å². The average Bonchev–Trinajstić information content (AvgIpc) is 2.44. The van der Waals surface area contributed by atoms with E-state index in [1.54, 1.807) is 23.1 Å². The van der Waals surface area contributed by atoms with Crippen molar-refractivity contribution >= 4 is 23.2 Å². The van der Waals surface area contributed by atoms with Crippen LogP contribution in [0.1, 0.15) is 11.6 Å². The van der Waals surface area contributed by atoms with E-state index < -0.39 is 6.04 Å². The molecule has 1 atom stereocenters. The number of amides is 1. The molecule has 3 nitrogen and oxygen atoms in total. The summed E-state index contributed by atoms with van der Waals surface area (Å²) in [7, 11) is 0. The Labute approximate surface area is 93.1 Å². The highest BCUT2D eigenvalue weighted by Crippen LogP contribution is 2.35. The fourth-order valence-electron chi connectivity index (χ4n) is 1.76. The third kappa shape index (κ3) is 1.54. The summed E-state index contributed by atoms with van der Waals surface area (Å²) in [5, 5.41) is 0.595. The van der Waals surface area contributed by atoms with Gasteiger partial charge in [-0.1, -0.05) is 17.7 Å². The first-order valence-corrected chi connectivity index (χ1v) is 5.00. The largest absolute Gasteiger partial charge is 0.316 e. The number of nitrogens with zero attached hydrogens (tertiary/aromatic N) is 1. The van der Waals surface area contributed by atoms with Gasteiger partial charge in [0.25, 0.3) is 0 Å². The Bertz CT molecular complexity index is 431. The van der Waals surface area contributed by atoms with Crippen LogP contribution in [0.2, 0.25) is 5.02 Å². The smallest absolute Gasteiger partial charge is 0.248 e. The first-order chi connectivity index (χ1) is 7.15. The van der Waals surface area contributed by atoms with E-state index in [0.29, 0.717) is 11.6 Å². The molecule has 0 aliphatic carbocycles. The fourth-order valence-corrected chi connectivity index (χ4v) is 1.94. The molecule has 4 heteroatoms. The second-order valence-corrected chi connectivity index (χ2v) is 3.85. The van der Waals surface area contributed by atoms with Gasteiger partial charge >= 0.3 is 0 Å². The minimum Gasteiger partial charge on any atom is -0.316 e. The lowest BCUT2D eigenvalue weighted by molar-refractivity contribution is -0.119. The minimum absolute atomic E-state index is 0.104. The molecular formula is C11H11ClN2O. The highest BCUT2D eigenvalue weighted by atomic mass is 35.5. The molecule has 1 aliphatic heterocycles. The van der Waals surface area contributed by atoms with Crippen molar-refractivity contribution in [3.63, 3.8) is 0 Å². The lowest BCUT2D eigenvalue weighted by Crippen LogP contribution is -2.31. The number of hydrogen-bond donors (Lipinski definition) is 1. The quantitative estimate of drug-likeness (QED) is 0.777. The van der Waals surface area contributed by atoms with Crippen molar-refractivity contribution in [2.75, 3.05) is 11.4 Å². The molecule has 0 spiro atoms. The minimum atomic E-state index is -0.598. The number of fused-ring (bicyclic) bond motifs is 1. The molecule has 0 bridgehead atoms. The second kappa shape index (κ2) is 3.68. The van der Waals surface area contributed by atoms with Crippen LogP contribution < -0.4 is 10.6 Å². The SMILES string of the molecule is C=CCN1C(=O)C(N)c2cc(Cl)ccc21. The van der Waals surface area contributed by atoms with E-state index in [2.05, 4.69) is 6.58 Å². The van der Waals surface area contributed by atoms with Crippen LogP contribution >= 0.6 is 11.6 Å². The lowest BCUT2D eigenvalue weighted by Gasteiger charge is -2.14. The predicted octanol–water partition coefficient (Wildman–Crippen LogP) is 1.87. The maximum absolute atomic E-state index is 11.8. The number of rotatable bonds is 2. The van der Waals surface area contributed by atoms with E-state index in [1.807, 2.05) is 6.07 Å². The molecule has 1 unspecified atom stereocenters. The van der Waals surface area contributed by atoms with Crippen molar-refractivity contribution in [3.05, 3.63) is 41.4 Å². The van der Waals surface area contributed by atoms with Gasteiger partial charge in [0, 0.05) is 22.8 Å². The van der Waals surface area contributed by atoms with Gasteiger partial charge in [-0.2, -0.15) is 0 Å². The van der Waals surface area contributed by atoms with Crippen molar-refractivity contribution in [1.82, 2.24) is 0 Å². The molecule has 1 aromatic rings. The molecular weight excluding hydrogens is 212 g/mol. The van der Waals surface area contributed by atoms with Gasteiger partial charge < -0.3 is 10.6 Å². The summed E-state index contributed by atoms with van der Waals surface area (Å²) in [6.07, 6.45) is 1.67. The van der Waals surface area contributed by atoms with Crippen LogP contribution in [0.5, 0.6) is 0 Å². The van der Waals surface area contributed by atoms with E-state index in [-0.39, 0.29) is 5.91 Å². The molecule has 1 aromatic carbocycles. The van der Waals surface area contributed by atoms with E-state index >= 15 is 0 Å².